The van der Waals surface area contributed by atoms with Gasteiger partial charge in [-0.05, 0) is 135 Å². The molecule has 0 radical (unpaired) electrons. The van der Waals surface area contributed by atoms with Gasteiger partial charge < -0.3 is 4.90 Å². The van der Waals surface area contributed by atoms with Crippen molar-refractivity contribution < 1.29 is 0 Å². The smallest absolute Gasteiger partial charge is 0.0991 e. The van der Waals surface area contributed by atoms with Gasteiger partial charge >= 0.3 is 0 Å². The van der Waals surface area contributed by atoms with Gasteiger partial charge in [0.1, 0.15) is 0 Å². The monoisotopic (exact) mass is 760 g/mol. The topological polar surface area (TPSA) is 27.0 Å². The van der Waals surface area contributed by atoms with Gasteiger partial charge in [0.15, 0.2) is 0 Å². The van der Waals surface area contributed by atoms with Crippen LogP contribution in [-0.2, 0) is 0 Å². The van der Waals surface area contributed by atoms with E-state index < -0.39 is 0 Å². The first-order valence-corrected chi connectivity index (χ1v) is 20.7. The normalized spacial score (nSPS) is 11.5. The second kappa shape index (κ2) is 13.6. The van der Waals surface area contributed by atoms with E-state index in [2.05, 4.69) is 187 Å². The predicted molar refractivity (Wildman–Crippen MR) is 245 cm³/mol. The minimum atomic E-state index is 0.676. The second-order valence-corrected chi connectivity index (χ2v) is 16.7. The van der Waals surface area contributed by atoms with E-state index in [1.54, 1.807) is 0 Å². The molecule has 2 nitrogen and oxygen atoms in total. The molecule has 0 aliphatic rings. The molecule has 0 amide bonds. The molecule has 0 aliphatic carbocycles. The van der Waals surface area contributed by atoms with E-state index in [0.29, 0.717) is 5.56 Å². The molecule has 266 valence electrons. The summed E-state index contributed by atoms with van der Waals surface area (Å²) in [6, 6.07) is 72.4. The fourth-order valence-electron chi connectivity index (χ4n) is 8.16. The molecule has 0 saturated carbocycles. The Labute approximate surface area is 338 Å². The minimum Gasteiger partial charge on any atom is -0.311 e. The highest BCUT2D eigenvalue weighted by molar-refractivity contribution is 7.26. The predicted octanol–water partition coefficient (Wildman–Crippen LogP) is 15.9. The second-order valence-electron chi connectivity index (χ2n) is 14.5. The Kier molecular flexibility index (Phi) is 7.96. The summed E-state index contributed by atoms with van der Waals surface area (Å²) in [6.45, 7) is 0. The number of thiophene rings is 2. The van der Waals surface area contributed by atoms with Crippen LogP contribution in [0, 0.1) is 11.3 Å². The Hall–Kier alpha value is -7.03. The third-order valence-corrected chi connectivity index (χ3v) is 13.4. The van der Waals surface area contributed by atoms with Crippen LogP contribution in [0.3, 0.4) is 0 Å². The SMILES string of the molecule is N#Cc1ccc2cc(-c3ccc(N(c4ccc(-c5ccc6sc7ccccc7c6c5)cc4)c4ccc(-c5ccc6sc7ccccc7c6c5)cc4)cc3)ccc2c1. The molecular formula is C53H32N2S2. The maximum Gasteiger partial charge on any atom is 0.0991 e. The maximum absolute atomic E-state index is 9.36. The average Bonchev–Trinajstić information content (AvgIpc) is 3.84. The molecule has 0 N–H and O–H groups in total. The van der Waals surface area contributed by atoms with Gasteiger partial charge in [-0.15, -0.1) is 22.7 Å². The highest BCUT2D eigenvalue weighted by Gasteiger charge is 2.15. The molecule has 11 aromatic rings. The first kappa shape index (κ1) is 33.3. The Bertz CT molecular complexity index is 3190. The zero-order valence-electron chi connectivity index (χ0n) is 30.7. The van der Waals surface area contributed by atoms with Crippen molar-refractivity contribution in [2.75, 3.05) is 4.90 Å². The number of anilines is 3. The van der Waals surface area contributed by atoms with Crippen molar-refractivity contribution in [1.29, 1.82) is 5.26 Å². The lowest BCUT2D eigenvalue weighted by molar-refractivity contribution is 1.28. The van der Waals surface area contributed by atoms with Crippen LogP contribution in [0.2, 0.25) is 0 Å². The number of hydrogen-bond donors (Lipinski definition) is 0. The van der Waals surface area contributed by atoms with Crippen molar-refractivity contribution in [3.63, 3.8) is 0 Å². The minimum absolute atomic E-state index is 0.676. The zero-order chi connectivity index (χ0) is 37.9. The fraction of sp³-hybridized carbons (Fsp3) is 0. The van der Waals surface area contributed by atoms with Crippen molar-refractivity contribution in [2.24, 2.45) is 0 Å². The van der Waals surface area contributed by atoms with Gasteiger partial charge in [-0.2, -0.15) is 5.26 Å². The molecule has 11 rings (SSSR count). The summed E-state index contributed by atoms with van der Waals surface area (Å²) in [5.74, 6) is 0. The van der Waals surface area contributed by atoms with Gasteiger partial charge in [0.2, 0.25) is 0 Å². The van der Waals surface area contributed by atoms with Crippen LogP contribution in [0.25, 0.3) is 84.5 Å². The number of hydrogen-bond acceptors (Lipinski definition) is 4. The van der Waals surface area contributed by atoms with E-state index in [1.165, 1.54) is 62.6 Å². The summed E-state index contributed by atoms with van der Waals surface area (Å²) in [6.07, 6.45) is 0. The van der Waals surface area contributed by atoms with E-state index in [0.717, 1.165) is 39.0 Å². The quantitative estimate of drug-likeness (QED) is 0.169. The van der Waals surface area contributed by atoms with Crippen molar-refractivity contribution >= 4 is 90.9 Å². The van der Waals surface area contributed by atoms with E-state index in [9.17, 15) is 5.26 Å². The molecule has 57 heavy (non-hydrogen) atoms. The lowest BCUT2D eigenvalue weighted by Crippen LogP contribution is -2.09. The molecule has 0 fully saturated rings. The number of nitriles is 1. The van der Waals surface area contributed by atoms with Gasteiger partial charge in [0.25, 0.3) is 0 Å². The maximum atomic E-state index is 9.36. The van der Waals surface area contributed by atoms with Gasteiger partial charge in [0.05, 0.1) is 11.6 Å². The van der Waals surface area contributed by atoms with Crippen LogP contribution in [0.15, 0.2) is 194 Å². The standard InChI is InChI=1S/C53H32N2S2/c54-33-34-9-10-40-30-39(12-11-38(40)29-34)35-13-21-43(22-14-35)55(44-23-15-36(16-24-44)41-19-27-52-48(31-41)46-5-1-3-7-50(46)56-52)45-25-17-37(18-26-45)42-20-28-53-49(32-42)47-6-2-4-8-51(47)57-53/h1-32H. The molecule has 0 saturated heterocycles. The summed E-state index contributed by atoms with van der Waals surface area (Å²) in [4.78, 5) is 2.34. The highest BCUT2D eigenvalue weighted by Crippen LogP contribution is 2.41. The first-order valence-electron chi connectivity index (χ1n) is 19.0. The molecule has 4 heteroatoms. The van der Waals surface area contributed by atoms with Crippen LogP contribution in [0.1, 0.15) is 5.56 Å². The zero-order valence-corrected chi connectivity index (χ0v) is 32.3. The van der Waals surface area contributed by atoms with Gasteiger partial charge in [-0.25, -0.2) is 0 Å². The average molecular weight is 761 g/mol. The Balaban J connectivity index is 0.964. The van der Waals surface area contributed by atoms with Crippen LogP contribution >= 0.6 is 22.7 Å². The summed E-state index contributed by atoms with van der Waals surface area (Å²) in [5.41, 5.74) is 11.0. The number of rotatable bonds is 6. The third-order valence-electron chi connectivity index (χ3n) is 11.1. The van der Waals surface area contributed by atoms with Gasteiger partial charge in [-0.1, -0.05) is 103 Å². The van der Waals surface area contributed by atoms with Gasteiger partial charge in [-0.3, -0.25) is 0 Å². The largest absolute Gasteiger partial charge is 0.311 e. The van der Waals surface area contributed by atoms with Gasteiger partial charge in [0, 0.05) is 57.4 Å². The fourth-order valence-corrected chi connectivity index (χ4v) is 10.3. The summed E-state index contributed by atoms with van der Waals surface area (Å²) in [5, 5.41) is 16.8. The molecule has 2 heterocycles. The van der Waals surface area contributed by atoms with Crippen molar-refractivity contribution in [3.8, 4) is 39.4 Å². The van der Waals surface area contributed by atoms with Crippen molar-refractivity contribution in [3.05, 3.63) is 200 Å². The number of nitrogens with zero attached hydrogens (tertiary/aromatic N) is 2. The molecule has 0 bridgehead atoms. The van der Waals surface area contributed by atoms with E-state index in [-0.39, 0.29) is 0 Å². The molecule has 0 aliphatic heterocycles. The van der Waals surface area contributed by atoms with Crippen LogP contribution in [-0.4, -0.2) is 0 Å². The molecule has 0 unspecified atom stereocenters. The number of fused-ring (bicyclic) bond motifs is 7. The molecule has 0 atom stereocenters. The Morgan fingerprint density at radius 3 is 1.21 bits per heavy atom. The van der Waals surface area contributed by atoms with E-state index in [1.807, 2.05) is 40.9 Å². The summed E-state index contributed by atoms with van der Waals surface area (Å²) in [7, 11) is 0. The van der Waals surface area contributed by atoms with E-state index in [4.69, 9.17) is 0 Å². The molecule has 0 spiro atoms. The highest BCUT2D eigenvalue weighted by atomic mass is 32.1. The Morgan fingerprint density at radius 2 is 0.719 bits per heavy atom. The molecule has 2 aromatic heterocycles. The van der Waals surface area contributed by atoms with Crippen molar-refractivity contribution in [1.82, 2.24) is 0 Å². The van der Waals surface area contributed by atoms with Crippen molar-refractivity contribution in [2.45, 2.75) is 0 Å². The first-order chi connectivity index (χ1) is 28.1. The summed E-state index contributed by atoms with van der Waals surface area (Å²) >= 11 is 3.70. The number of benzene rings is 9. The Morgan fingerprint density at radius 1 is 0.333 bits per heavy atom. The lowest BCUT2D eigenvalue weighted by Gasteiger charge is -2.26. The van der Waals surface area contributed by atoms with Crippen LogP contribution in [0.4, 0.5) is 17.1 Å². The van der Waals surface area contributed by atoms with E-state index >= 15 is 0 Å². The molecular weight excluding hydrogens is 729 g/mol. The lowest BCUT2D eigenvalue weighted by atomic mass is 9.99. The van der Waals surface area contributed by atoms with Crippen LogP contribution < -0.4 is 4.90 Å². The van der Waals surface area contributed by atoms with Crippen LogP contribution in [0.5, 0.6) is 0 Å². The molecule has 9 aromatic carbocycles. The summed E-state index contributed by atoms with van der Waals surface area (Å²) < 4.78 is 5.27. The third kappa shape index (κ3) is 5.93.